The summed E-state index contributed by atoms with van der Waals surface area (Å²) >= 11 is 7.42. The fourth-order valence-corrected chi connectivity index (χ4v) is 2.32. The van der Waals surface area contributed by atoms with Crippen LogP contribution >= 0.6 is 23.4 Å². The number of thioether (sulfide) groups is 1. The van der Waals surface area contributed by atoms with Crippen molar-refractivity contribution < 1.29 is 4.39 Å². The highest BCUT2D eigenvalue weighted by Crippen LogP contribution is 2.26. The van der Waals surface area contributed by atoms with Crippen LogP contribution in [0.2, 0.25) is 5.15 Å². The van der Waals surface area contributed by atoms with Gasteiger partial charge in [-0.3, -0.25) is 0 Å². The van der Waals surface area contributed by atoms with Gasteiger partial charge < -0.3 is 4.90 Å². The lowest BCUT2D eigenvalue weighted by Crippen LogP contribution is -2.17. The number of halogens is 2. The highest BCUT2D eigenvalue weighted by atomic mass is 35.5. The summed E-state index contributed by atoms with van der Waals surface area (Å²) in [5.74, 6) is 0.448. The average Bonchev–Trinajstić information content (AvgIpc) is 2.41. The minimum Gasteiger partial charge on any atom is -0.326 e. The largest absolute Gasteiger partial charge is 0.326 e. The molecular formula is C13H13ClFN3S. The minimum atomic E-state index is -0.259. The second-order valence-electron chi connectivity index (χ2n) is 3.76. The summed E-state index contributed by atoms with van der Waals surface area (Å²) in [4.78, 5) is 10.5. The van der Waals surface area contributed by atoms with Crippen LogP contribution in [-0.2, 0) is 0 Å². The van der Waals surface area contributed by atoms with Gasteiger partial charge in [0.15, 0.2) is 5.16 Å². The lowest BCUT2D eigenvalue weighted by molar-refractivity contribution is 0.627. The van der Waals surface area contributed by atoms with Crippen LogP contribution in [0.1, 0.15) is 6.92 Å². The van der Waals surface area contributed by atoms with Gasteiger partial charge in [0.2, 0.25) is 0 Å². The first kappa shape index (κ1) is 14.1. The molecule has 0 aliphatic carbocycles. The number of anilines is 2. The van der Waals surface area contributed by atoms with E-state index in [2.05, 4.69) is 9.97 Å². The van der Waals surface area contributed by atoms with E-state index in [0.29, 0.717) is 22.7 Å². The Bertz CT molecular complexity index is 562. The SMILES string of the molecule is CCN(c1ccc(F)cc1)c1cc(Cl)nc(SC)n1. The molecule has 6 heteroatoms. The summed E-state index contributed by atoms with van der Waals surface area (Å²) in [6.45, 7) is 2.70. The first-order valence-corrected chi connectivity index (χ1v) is 7.36. The third-order valence-corrected chi connectivity index (χ3v) is 3.32. The van der Waals surface area contributed by atoms with Gasteiger partial charge in [-0.05, 0) is 37.4 Å². The standard InChI is InChI=1S/C13H13ClFN3S/c1-3-18(10-6-4-9(15)5-7-10)12-8-11(14)16-13(17-12)19-2/h4-8H,3H2,1-2H3. The maximum atomic E-state index is 13.0. The van der Waals surface area contributed by atoms with E-state index in [0.717, 1.165) is 5.69 Å². The van der Waals surface area contributed by atoms with E-state index >= 15 is 0 Å². The van der Waals surface area contributed by atoms with Gasteiger partial charge in [-0.1, -0.05) is 23.4 Å². The van der Waals surface area contributed by atoms with E-state index in [1.54, 1.807) is 18.2 Å². The van der Waals surface area contributed by atoms with Gasteiger partial charge in [-0.15, -0.1) is 0 Å². The summed E-state index contributed by atoms with van der Waals surface area (Å²) in [6, 6.07) is 7.99. The molecule has 2 aromatic rings. The normalized spacial score (nSPS) is 10.5. The van der Waals surface area contributed by atoms with Crippen molar-refractivity contribution in [3.05, 3.63) is 41.3 Å². The lowest BCUT2D eigenvalue weighted by Gasteiger charge is -2.22. The topological polar surface area (TPSA) is 29.0 Å². The van der Waals surface area contributed by atoms with Crippen LogP contribution in [0.15, 0.2) is 35.5 Å². The number of nitrogens with zero attached hydrogens (tertiary/aromatic N) is 3. The van der Waals surface area contributed by atoms with E-state index in [1.807, 2.05) is 18.1 Å². The van der Waals surface area contributed by atoms with E-state index in [9.17, 15) is 4.39 Å². The predicted molar refractivity (Wildman–Crippen MR) is 77.9 cm³/mol. The van der Waals surface area contributed by atoms with Crippen LogP contribution in [0, 0.1) is 5.82 Å². The quantitative estimate of drug-likeness (QED) is 0.482. The summed E-state index contributed by atoms with van der Waals surface area (Å²) < 4.78 is 13.0. The van der Waals surface area contributed by atoms with Crippen molar-refractivity contribution in [1.29, 1.82) is 0 Å². The molecule has 0 fully saturated rings. The molecular weight excluding hydrogens is 285 g/mol. The smallest absolute Gasteiger partial charge is 0.190 e. The maximum Gasteiger partial charge on any atom is 0.190 e. The van der Waals surface area contributed by atoms with Crippen LogP contribution in [0.25, 0.3) is 0 Å². The van der Waals surface area contributed by atoms with Crippen molar-refractivity contribution >= 4 is 34.9 Å². The van der Waals surface area contributed by atoms with Crippen molar-refractivity contribution in [2.45, 2.75) is 12.1 Å². The molecule has 0 N–H and O–H groups in total. The molecule has 0 aliphatic rings. The monoisotopic (exact) mass is 297 g/mol. The molecule has 1 heterocycles. The van der Waals surface area contributed by atoms with E-state index in [-0.39, 0.29) is 5.82 Å². The van der Waals surface area contributed by atoms with Crippen molar-refractivity contribution in [3.8, 4) is 0 Å². The zero-order valence-electron chi connectivity index (χ0n) is 10.6. The third kappa shape index (κ3) is 3.36. The van der Waals surface area contributed by atoms with Gasteiger partial charge in [0.25, 0.3) is 0 Å². The molecule has 0 atom stereocenters. The predicted octanol–water partition coefficient (Wildman–Crippen LogP) is 4.15. The summed E-state index contributed by atoms with van der Waals surface area (Å²) in [5, 5.41) is 1.01. The molecule has 1 aromatic carbocycles. The Labute approximate surface area is 120 Å². The van der Waals surface area contributed by atoms with Crippen LogP contribution in [0.4, 0.5) is 15.9 Å². The molecule has 0 radical (unpaired) electrons. The molecule has 0 unspecified atom stereocenters. The molecule has 0 saturated heterocycles. The third-order valence-electron chi connectivity index (χ3n) is 2.57. The van der Waals surface area contributed by atoms with Gasteiger partial charge in [-0.2, -0.15) is 0 Å². The molecule has 0 aliphatic heterocycles. The molecule has 2 rings (SSSR count). The highest BCUT2D eigenvalue weighted by molar-refractivity contribution is 7.98. The molecule has 3 nitrogen and oxygen atoms in total. The molecule has 0 saturated carbocycles. The molecule has 0 spiro atoms. The number of rotatable bonds is 4. The average molecular weight is 298 g/mol. The van der Waals surface area contributed by atoms with Crippen molar-refractivity contribution in [1.82, 2.24) is 9.97 Å². The number of aromatic nitrogens is 2. The maximum absolute atomic E-state index is 13.0. The Kier molecular flexibility index (Phi) is 4.61. The Balaban J connectivity index is 2.41. The zero-order valence-corrected chi connectivity index (χ0v) is 12.2. The van der Waals surface area contributed by atoms with E-state index in [4.69, 9.17) is 11.6 Å². The number of hydrogen-bond acceptors (Lipinski definition) is 4. The number of benzene rings is 1. The van der Waals surface area contributed by atoms with Crippen LogP contribution in [-0.4, -0.2) is 22.8 Å². The minimum absolute atomic E-state index is 0.259. The first-order valence-electron chi connectivity index (χ1n) is 5.75. The zero-order chi connectivity index (χ0) is 13.8. The Morgan fingerprint density at radius 2 is 1.95 bits per heavy atom. The molecule has 1 aromatic heterocycles. The molecule has 0 bridgehead atoms. The van der Waals surface area contributed by atoms with Crippen molar-refractivity contribution in [3.63, 3.8) is 0 Å². The van der Waals surface area contributed by atoms with Crippen LogP contribution < -0.4 is 4.90 Å². The lowest BCUT2D eigenvalue weighted by atomic mass is 10.2. The van der Waals surface area contributed by atoms with Gasteiger partial charge in [0.1, 0.15) is 16.8 Å². The fourth-order valence-electron chi connectivity index (χ4n) is 1.71. The highest BCUT2D eigenvalue weighted by Gasteiger charge is 2.11. The molecule has 0 amide bonds. The van der Waals surface area contributed by atoms with Gasteiger partial charge in [0, 0.05) is 18.3 Å². The Morgan fingerprint density at radius 3 is 2.53 bits per heavy atom. The second-order valence-corrected chi connectivity index (χ2v) is 4.92. The van der Waals surface area contributed by atoms with Crippen molar-refractivity contribution in [2.24, 2.45) is 0 Å². The van der Waals surface area contributed by atoms with Gasteiger partial charge in [0.05, 0.1) is 0 Å². The Hall–Kier alpha value is -1.33. The van der Waals surface area contributed by atoms with E-state index in [1.165, 1.54) is 23.9 Å². The molecule has 100 valence electrons. The molecule has 19 heavy (non-hydrogen) atoms. The van der Waals surface area contributed by atoms with Crippen molar-refractivity contribution in [2.75, 3.05) is 17.7 Å². The second kappa shape index (κ2) is 6.21. The summed E-state index contributed by atoms with van der Waals surface area (Å²) in [5.41, 5.74) is 0.866. The number of hydrogen-bond donors (Lipinski definition) is 0. The first-order chi connectivity index (χ1) is 9.13. The van der Waals surface area contributed by atoms with Crippen LogP contribution in [0.5, 0.6) is 0 Å². The summed E-state index contributed by atoms with van der Waals surface area (Å²) in [7, 11) is 0. The Morgan fingerprint density at radius 1 is 1.26 bits per heavy atom. The van der Waals surface area contributed by atoms with E-state index < -0.39 is 0 Å². The van der Waals surface area contributed by atoms with Crippen LogP contribution in [0.3, 0.4) is 0 Å². The van der Waals surface area contributed by atoms with Gasteiger partial charge >= 0.3 is 0 Å². The van der Waals surface area contributed by atoms with Gasteiger partial charge in [-0.25, -0.2) is 14.4 Å². The fraction of sp³-hybridized carbons (Fsp3) is 0.231. The summed E-state index contributed by atoms with van der Waals surface area (Å²) in [6.07, 6.45) is 1.89.